The second-order valence-corrected chi connectivity index (χ2v) is 6.80. The van der Waals surface area contributed by atoms with E-state index in [1.54, 1.807) is 6.07 Å². The first-order valence-corrected chi connectivity index (χ1v) is 9.59. The van der Waals surface area contributed by atoms with Gasteiger partial charge in [-0.1, -0.05) is 30.3 Å². The van der Waals surface area contributed by atoms with Crippen molar-refractivity contribution in [1.29, 1.82) is 0 Å². The van der Waals surface area contributed by atoms with Crippen LogP contribution in [0.2, 0.25) is 0 Å². The second kappa shape index (κ2) is 8.52. The van der Waals surface area contributed by atoms with Gasteiger partial charge in [0.05, 0.1) is 11.3 Å². The summed E-state index contributed by atoms with van der Waals surface area (Å²) in [6, 6.07) is 19.1. The summed E-state index contributed by atoms with van der Waals surface area (Å²) in [4.78, 5) is 23.7. The van der Waals surface area contributed by atoms with E-state index in [0.29, 0.717) is 11.4 Å². The zero-order valence-corrected chi connectivity index (χ0v) is 15.6. The summed E-state index contributed by atoms with van der Waals surface area (Å²) < 4.78 is 0. The van der Waals surface area contributed by atoms with Crippen molar-refractivity contribution >= 4 is 28.9 Å². The average Bonchev–Trinajstić information content (AvgIpc) is 2.76. The van der Waals surface area contributed by atoms with Gasteiger partial charge in [-0.15, -0.1) is 0 Å². The number of nitrogens with zero attached hydrogens (tertiary/aromatic N) is 3. The second-order valence-electron chi connectivity index (χ2n) is 6.80. The summed E-state index contributed by atoms with van der Waals surface area (Å²) in [5, 5.41) is 6.21. The van der Waals surface area contributed by atoms with Crippen LogP contribution in [-0.4, -0.2) is 29.0 Å². The quantitative estimate of drug-likeness (QED) is 0.691. The number of carbonyl (C=O) groups is 1. The van der Waals surface area contributed by atoms with E-state index in [4.69, 9.17) is 0 Å². The normalized spacial score (nSPS) is 13.8. The topological polar surface area (TPSA) is 70.2 Å². The van der Waals surface area contributed by atoms with Crippen molar-refractivity contribution in [3.63, 3.8) is 0 Å². The molecule has 3 aromatic rings. The van der Waals surface area contributed by atoms with Crippen LogP contribution in [0.1, 0.15) is 29.6 Å². The molecule has 0 spiro atoms. The molecule has 2 heterocycles. The van der Waals surface area contributed by atoms with Crippen molar-refractivity contribution in [3.05, 3.63) is 72.6 Å². The van der Waals surface area contributed by atoms with Crippen molar-refractivity contribution in [1.82, 2.24) is 9.97 Å². The lowest BCUT2D eigenvalue weighted by atomic mass is 10.1. The van der Waals surface area contributed by atoms with E-state index < -0.39 is 0 Å². The molecule has 1 aliphatic heterocycles. The minimum atomic E-state index is -0.206. The predicted octanol–water partition coefficient (Wildman–Crippen LogP) is 4.46. The molecule has 6 heteroatoms. The standard InChI is InChI=1S/C22H23N5O/c28-22(18-11-5-6-12-19(18)25-17-9-3-1-4-10-17)26-20-15-21(24-16-23-20)27-13-7-2-8-14-27/h1,3-6,9-12,15-16,25H,2,7-8,13-14H2,(H,23,24,26,28). The number of para-hydroxylation sites is 2. The number of hydrogen-bond acceptors (Lipinski definition) is 5. The highest BCUT2D eigenvalue weighted by molar-refractivity contribution is 6.08. The lowest BCUT2D eigenvalue weighted by molar-refractivity contribution is 0.102. The lowest BCUT2D eigenvalue weighted by Gasteiger charge is -2.27. The van der Waals surface area contributed by atoms with Crippen molar-refractivity contribution in [2.24, 2.45) is 0 Å². The third kappa shape index (κ3) is 4.28. The van der Waals surface area contributed by atoms with Crippen LogP contribution in [0.4, 0.5) is 23.0 Å². The molecule has 142 valence electrons. The number of benzene rings is 2. The van der Waals surface area contributed by atoms with Crippen LogP contribution in [-0.2, 0) is 0 Å². The van der Waals surface area contributed by atoms with E-state index in [1.165, 1.54) is 25.6 Å². The third-order valence-electron chi connectivity index (χ3n) is 4.80. The third-order valence-corrected chi connectivity index (χ3v) is 4.80. The molecule has 0 radical (unpaired) electrons. The molecule has 28 heavy (non-hydrogen) atoms. The van der Waals surface area contributed by atoms with Gasteiger partial charge in [0, 0.05) is 24.8 Å². The molecular formula is C22H23N5O. The number of amides is 1. The van der Waals surface area contributed by atoms with Gasteiger partial charge >= 0.3 is 0 Å². The van der Waals surface area contributed by atoms with Crippen LogP contribution in [0.25, 0.3) is 0 Å². The van der Waals surface area contributed by atoms with Crippen LogP contribution in [0.5, 0.6) is 0 Å². The molecule has 0 saturated carbocycles. The Kier molecular flexibility index (Phi) is 5.47. The molecular weight excluding hydrogens is 350 g/mol. The Labute approximate surface area is 164 Å². The maximum Gasteiger partial charge on any atom is 0.258 e. The first-order chi connectivity index (χ1) is 13.8. The largest absolute Gasteiger partial charge is 0.356 e. The fraction of sp³-hybridized carbons (Fsp3) is 0.227. The molecule has 0 atom stereocenters. The van der Waals surface area contributed by atoms with E-state index in [9.17, 15) is 4.79 Å². The molecule has 2 aromatic carbocycles. The minimum absolute atomic E-state index is 0.206. The Morgan fingerprint density at radius 1 is 0.893 bits per heavy atom. The number of piperidine rings is 1. The van der Waals surface area contributed by atoms with E-state index >= 15 is 0 Å². The van der Waals surface area contributed by atoms with Crippen LogP contribution in [0.15, 0.2) is 67.0 Å². The van der Waals surface area contributed by atoms with Gasteiger partial charge in [0.25, 0.3) is 5.91 Å². The van der Waals surface area contributed by atoms with Crippen LogP contribution in [0, 0.1) is 0 Å². The molecule has 1 fully saturated rings. The highest BCUT2D eigenvalue weighted by Gasteiger charge is 2.15. The van der Waals surface area contributed by atoms with Gasteiger partial charge in [0.2, 0.25) is 0 Å². The zero-order chi connectivity index (χ0) is 19.2. The van der Waals surface area contributed by atoms with E-state index in [-0.39, 0.29) is 5.91 Å². The van der Waals surface area contributed by atoms with Gasteiger partial charge in [-0.25, -0.2) is 9.97 Å². The SMILES string of the molecule is O=C(Nc1cc(N2CCCCC2)ncn1)c1ccccc1Nc1ccccc1. The molecule has 1 aromatic heterocycles. The number of aromatic nitrogens is 2. The van der Waals surface area contributed by atoms with Crippen molar-refractivity contribution < 1.29 is 4.79 Å². The van der Waals surface area contributed by atoms with Gasteiger partial charge < -0.3 is 15.5 Å². The summed E-state index contributed by atoms with van der Waals surface area (Å²) in [6.45, 7) is 1.99. The molecule has 1 aliphatic rings. The van der Waals surface area contributed by atoms with Gasteiger partial charge in [-0.05, 0) is 43.5 Å². The lowest BCUT2D eigenvalue weighted by Crippen LogP contribution is -2.30. The molecule has 4 rings (SSSR count). The number of anilines is 4. The zero-order valence-electron chi connectivity index (χ0n) is 15.6. The van der Waals surface area contributed by atoms with Gasteiger partial charge in [-0.3, -0.25) is 4.79 Å². The molecule has 0 aliphatic carbocycles. The van der Waals surface area contributed by atoms with E-state index in [0.717, 1.165) is 30.3 Å². The Morgan fingerprint density at radius 2 is 1.64 bits per heavy atom. The minimum Gasteiger partial charge on any atom is -0.356 e. The summed E-state index contributed by atoms with van der Waals surface area (Å²) in [7, 11) is 0. The van der Waals surface area contributed by atoms with Crippen LogP contribution >= 0.6 is 0 Å². The van der Waals surface area contributed by atoms with E-state index in [2.05, 4.69) is 25.5 Å². The highest BCUT2D eigenvalue weighted by atomic mass is 16.1. The number of hydrogen-bond donors (Lipinski definition) is 2. The number of rotatable bonds is 5. The fourth-order valence-corrected chi connectivity index (χ4v) is 3.36. The Morgan fingerprint density at radius 3 is 2.46 bits per heavy atom. The molecule has 2 N–H and O–H groups in total. The Balaban J connectivity index is 1.51. The van der Waals surface area contributed by atoms with Crippen LogP contribution < -0.4 is 15.5 Å². The number of nitrogens with one attached hydrogen (secondary N) is 2. The predicted molar refractivity (Wildman–Crippen MR) is 112 cm³/mol. The monoisotopic (exact) mass is 373 g/mol. The maximum atomic E-state index is 12.9. The van der Waals surface area contributed by atoms with E-state index in [1.807, 2.05) is 54.6 Å². The molecule has 1 saturated heterocycles. The summed E-state index contributed by atoms with van der Waals surface area (Å²) in [5.74, 6) is 1.16. The first kappa shape index (κ1) is 18.0. The summed E-state index contributed by atoms with van der Waals surface area (Å²) in [5.41, 5.74) is 2.23. The summed E-state index contributed by atoms with van der Waals surface area (Å²) >= 11 is 0. The van der Waals surface area contributed by atoms with Gasteiger partial charge in [-0.2, -0.15) is 0 Å². The van der Waals surface area contributed by atoms with Crippen LogP contribution in [0.3, 0.4) is 0 Å². The molecule has 1 amide bonds. The Bertz CT molecular complexity index is 938. The fourth-order valence-electron chi connectivity index (χ4n) is 3.36. The van der Waals surface area contributed by atoms with Crippen molar-refractivity contribution in [2.45, 2.75) is 19.3 Å². The van der Waals surface area contributed by atoms with Crippen molar-refractivity contribution in [2.75, 3.05) is 28.6 Å². The molecule has 6 nitrogen and oxygen atoms in total. The smallest absolute Gasteiger partial charge is 0.258 e. The molecule has 0 bridgehead atoms. The summed E-state index contributed by atoms with van der Waals surface area (Å²) in [6.07, 6.45) is 5.11. The maximum absolute atomic E-state index is 12.9. The van der Waals surface area contributed by atoms with Gasteiger partial charge in [0.15, 0.2) is 0 Å². The average molecular weight is 373 g/mol. The highest BCUT2D eigenvalue weighted by Crippen LogP contribution is 2.23. The number of carbonyl (C=O) groups excluding carboxylic acids is 1. The first-order valence-electron chi connectivity index (χ1n) is 9.59. The van der Waals surface area contributed by atoms with Gasteiger partial charge in [0.1, 0.15) is 18.0 Å². The molecule has 0 unspecified atom stereocenters. The van der Waals surface area contributed by atoms with Crippen molar-refractivity contribution in [3.8, 4) is 0 Å². The Hall–Kier alpha value is -3.41.